The molecule has 0 atom stereocenters. The molecule has 0 fully saturated rings. The highest BCUT2D eigenvalue weighted by Crippen LogP contribution is 2.29. The number of benzene rings is 2. The van der Waals surface area contributed by atoms with Crippen LogP contribution in [0.25, 0.3) is 0 Å². The predicted molar refractivity (Wildman–Crippen MR) is 76.2 cm³/mol. The van der Waals surface area contributed by atoms with E-state index < -0.39 is 0 Å². The van der Waals surface area contributed by atoms with Gasteiger partial charge in [0.1, 0.15) is 18.1 Å². The molecule has 18 heavy (non-hydrogen) atoms. The van der Waals surface area contributed by atoms with Crippen molar-refractivity contribution in [3.63, 3.8) is 0 Å². The standard InChI is InChI=1S/C15H15BrO2/c1-11-7-14(8-13(9-16)15(11)17)18-10-12-5-3-2-4-6-12/h2-8,17H,9-10H2,1H3. The lowest BCUT2D eigenvalue weighted by Crippen LogP contribution is -1.96. The Balaban J connectivity index is 2.13. The number of ether oxygens (including phenoxy) is 1. The van der Waals surface area contributed by atoms with Gasteiger partial charge in [-0.1, -0.05) is 46.3 Å². The molecule has 2 nitrogen and oxygen atoms in total. The Labute approximate surface area is 115 Å². The van der Waals surface area contributed by atoms with Crippen LogP contribution in [0.1, 0.15) is 16.7 Å². The second-order valence-electron chi connectivity index (χ2n) is 4.16. The normalized spacial score (nSPS) is 10.3. The highest BCUT2D eigenvalue weighted by Gasteiger charge is 2.07. The Kier molecular flexibility index (Phi) is 4.26. The van der Waals surface area contributed by atoms with Crippen LogP contribution in [-0.4, -0.2) is 5.11 Å². The molecule has 94 valence electrons. The third kappa shape index (κ3) is 3.05. The Hall–Kier alpha value is -1.48. The summed E-state index contributed by atoms with van der Waals surface area (Å²) < 4.78 is 5.74. The molecule has 0 unspecified atom stereocenters. The van der Waals surface area contributed by atoms with Gasteiger partial charge in [-0.2, -0.15) is 0 Å². The molecule has 0 saturated carbocycles. The number of aryl methyl sites for hydroxylation is 1. The third-order valence-corrected chi connectivity index (χ3v) is 3.35. The van der Waals surface area contributed by atoms with Crippen molar-refractivity contribution in [1.29, 1.82) is 0 Å². The number of hydrogen-bond acceptors (Lipinski definition) is 2. The number of rotatable bonds is 4. The van der Waals surface area contributed by atoms with Crippen molar-refractivity contribution in [2.75, 3.05) is 0 Å². The van der Waals surface area contributed by atoms with Gasteiger partial charge in [0.15, 0.2) is 0 Å². The van der Waals surface area contributed by atoms with Crippen LogP contribution in [0.2, 0.25) is 0 Å². The van der Waals surface area contributed by atoms with Crippen molar-refractivity contribution >= 4 is 15.9 Å². The summed E-state index contributed by atoms with van der Waals surface area (Å²) in [5.41, 5.74) is 2.80. The number of halogens is 1. The molecule has 2 aromatic rings. The lowest BCUT2D eigenvalue weighted by molar-refractivity contribution is 0.305. The quantitative estimate of drug-likeness (QED) is 0.859. The van der Waals surface area contributed by atoms with E-state index in [1.165, 1.54) is 0 Å². The molecular formula is C15H15BrO2. The Bertz CT molecular complexity index is 524. The van der Waals surface area contributed by atoms with E-state index >= 15 is 0 Å². The van der Waals surface area contributed by atoms with Gasteiger partial charge in [-0.3, -0.25) is 0 Å². The molecule has 3 heteroatoms. The highest BCUT2D eigenvalue weighted by atomic mass is 79.9. The fourth-order valence-corrected chi connectivity index (χ4v) is 2.17. The van der Waals surface area contributed by atoms with E-state index in [1.54, 1.807) is 0 Å². The lowest BCUT2D eigenvalue weighted by atomic mass is 10.1. The summed E-state index contributed by atoms with van der Waals surface area (Å²) in [6.07, 6.45) is 0. The van der Waals surface area contributed by atoms with Crippen LogP contribution >= 0.6 is 15.9 Å². The maximum Gasteiger partial charge on any atom is 0.122 e. The van der Waals surface area contributed by atoms with Gasteiger partial charge in [-0.15, -0.1) is 0 Å². The molecule has 2 rings (SSSR count). The van der Waals surface area contributed by atoms with Gasteiger partial charge in [0.05, 0.1) is 0 Å². The topological polar surface area (TPSA) is 29.5 Å². The fraction of sp³-hybridized carbons (Fsp3) is 0.200. The number of hydrogen-bond donors (Lipinski definition) is 1. The van der Waals surface area contributed by atoms with Gasteiger partial charge in [0, 0.05) is 10.9 Å². The van der Waals surface area contributed by atoms with E-state index in [9.17, 15) is 5.11 Å². The molecular weight excluding hydrogens is 292 g/mol. The SMILES string of the molecule is Cc1cc(OCc2ccccc2)cc(CBr)c1O. The van der Waals surface area contributed by atoms with Gasteiger partial charge in [0.25, 0.3) is 0 Å². The van der Waals surface area contributed by atoms with Crippen LogP contribution in [-0.2, 0) is 11.9 Å². The zero-order valence-corrected chi connectivity index (χ0v) is 11.8. The van der Waals surface area contributed by atoms with E-state index in [4.69, 9.17) is 4.74 Å². The van der Waals surface area contributed by atoms with E-state index in [0.717, 1.165) is 22.4 Å². The lowest BCUT2D eigenvalue weighted by Gasteiger charge is -2.11. The minimum Gasteiger partial charge on any atom is -0.507 e. The van der Waals surface area contributed by atoms with Crippen molar-refractivity contribution in [3.8, 4) is 11.5 Å². The first-order valence-electron chi connectivity index (χ1n) is 5.76. The maximum atomic E-state index is 9.82. The van der Waals surface area contributed by atoms with Gasteiger partial charge in [-0.25, -0.2) is 0 Å². The van der Waals surface area contributed by atoms with Crippen molar-refractivity contribution in [2.24, 2.45) is 0 Å². The summed E-state index contributed by atoms with van der Waals surface area (Å²) in [4.78, 5) is 0. The van der Waals surface area contributed by atoms with E-state index in [-0.39, 0.29) is 0 Å². The molecule has 2 aromatic carbocycles. The molecule has 0 aromatic heterocycles. The van der Waals surface area contributed by atoms with E-state index in [0.29, 0.717) is 17.7 Å². The summed E-state index contributed by atoms with van der Waals surface area (Å²) in [5.74, 6) is 1.11. The zero-order chi connectivity index (χ0) is 13.0. The second kappa shape index (κ2) is 5.91. The summed E-state index contributed by atoms with van der Waals surface area (Å²) >= 11 is 3.36. The smallest absolute Gasteiger partial charge is 0.122 e. The molecule has 0 aliphatic carbocycles. The number of aromatic hydroxyl groups is 1. The molecule has 0 heterocycles. The number of phenolic OH excluding ortho intramolecular Hbond substituents is 1. The Morgan fingerprint density at radius 2 is 1.89 bits per heavy atom. The van der Waals surface area contributed by atoms with Crippen LogP contribution in [0, 0.1) is 6.92 Å². The maximum absolute atomic E-state index is 9.82. The second-order valence-corrected chi connectivity index (χ2v) is 4.72. The van der Waals surface area contributed by atoms with Crippen LogP contribution in [0.15, 0.2) is 42.5 Å². The van der Waals surface area contributed by atoms with Gasteiger partial charge in [0.2, 0.25) is 0 Å². The largest absolute Gasteiger partial charge is 0.507 e. The van der Waals surface area contributed by atoms with E-state index in [2.05, 4.69) is 15.9 Å². The molecule has 0 bridgehead atoms. The number of alkyl halides is 1. The number of phenols is 1. The van der Waals surface area contributed by atoms with Crippen LogP contribution in [0.3, 0.4) is 0 Å². The van der Waals surface area contributed by atoms with Gasteiger partial charge < -0.3 is 9.84 Å². The van der Waals surface area contributed by atoms with Crippen LogP contribution in [0.4, 0.5) is 0 Å². The van der Waals surface area contributed by atoms with Crippen molar-refractivity contribution < 1.29 is 9.84 Å². The molecule has 0 radical (unpaired) electrons. The first kappa shape index (κ1) is 13.0. The summed E-state index contributed by atoms with van der Waals surface area (Å²) in [7, 11) is 0. The van der Waals surface area contributed by atoms with Crippen molar-refractivity contribution in [2.45, 2.75) is 18.9 Å². The zero-order valence-electron chi connectivity index (χ0n) is 10.2. The molecule has 0 saturated heterocycles. The summed E-state index contributed by atoms with van der Waals surface area (Å²) in [5, 5.41) is 10.4. The van der Waals surface area contributed by atoms with Crippen molar-refractivity contribution in [3.05, 3.63) is 59.2 Å². The first-order valence-corrected chi connectivity index (χ1v) is 6.88. The van der Waals surface area contributed by atoms with Crippen LogP contribution < -0.4 is 4.74 Å². The van der Waals surface area contributed by atoms with Gasteiger partial charge in [-0.05, 0) is 30.2 Å². The predicted octanol–water partition coefficient (Wildman–Crippen LogP) is 4.17. The fourth-order valence-electron chi connectivity index (χ4n) is 1.74. The monoisotopic (exact) mass is 306 g/mol. The molecule has 0 aliphatic heterocycles. The minimum atomic E-state index is 0.332. The molecule has 0 aliphatic rings. The molecule has 0 spiro atoms. The Morgan fingerprint density at radius 1 is 1.17 bits per heavy atom. The first-order chi connectivity index (χ1) is 8.70. The summed E-state index contributed by atoms with van der Waals surface area (Å²) in [6.45, 7) is 2.41. The average molecular weight is 307 g/mol. The average Bonchev–Trinajstić information content (AvgIpc) is 2.41. The third-order valence-electron chi connectivity index (χ3n) is 2.75. The van der Waals surface area contributed by atoms with E-state index in [1.807, 2.05) is 49.4 Å². The highest BCUT2D eigenvalue weighted by molar-refractivity contribution is 9.08. The molecule has 0 amide bonds. The summed E-state index contributed by atoms with van der Waals surface area (Å²) in [6, 6.07) is 13.7. The molecule has 1 N–H and O–H groups in total. The minimum absolute atomic E-state index is 0.332. The van der Waals surface area contributed by atoms with Crippen molar-refractivity contribution in [1.82, 2.24) is 0 Å². The van der Waals surface area contributed by atoms with Gasteiger partial charge >= 0.3 is 0 Å². The Morgan fingerprint density at radius 3 is 2.56 bits per heavy atom. The van der Waals surface area contributed by atoms with Crippen LogP contribution in [0.5, 0.6) is 11.5 Å².